The molecule has 0 amide bonds. The van der Waals surface area contributed by atoms with E-state index in [-0.39, 0.29) is 6.10 Å². The van der Waals surface area contributed by atoms with Crippen LogP contribution in [0.2, 0.25) is 0 Å². The summed E-state index contributed by atoms with van der Waals surface area (Å²) in [5, 5.41) is 0.944. The lowest BCUT2D eigenvalue weighted by Crippen LogP contribution is -2.11. The van der Waals surface area contributed by atoms with Gasteiger partial charge in [-0.15, -0.1) is 0 Å². The molecule has 6 aromatic rings. The van der Waals surface area contributed by atoms with E-state index in [0.717, 1.165) is 55.8 Å². The molecule has 46 heavy (non-hydrogen) atoms. The zero-order chi connectivity index (χ0) is 31.7. The smallest absolute Gasteiger partial charge is 0.186 e. The first-order valence-electron chi connectivity index (χ1n) is 15.8. The number of nitrogens with one attached hydrogen (secondary N) is 1. The lowest BCUT2D eigenvalue weighted by Gasteiger charge is -2.24. The second-order valence-electron chi connectivity index (χ2n) is 11.5. The minimum Gasteiger partial charge on any atom is -0.489 e. The van der Waals surface area contributed by atoms with Crippen LogP contribution in [0, 0.1) is 0 Å². The van der Waals surface area contributed by atoms with Crippen molar-refractivity contribution in [2.45, 2.75) is 46.2 Å². The van der Waals surface area contributed by atoms with Gasteiger partial charge in [-0.2, -0.15) is 0 Å². The predicted octanol–water partition coefficient (Wildman–Crippen LogP) is 8.86. The summed E-state index contributed by atoms with van der Waals surface area (Å²) < 4.78 is 26.2. The number of aromatic nitrogens is 1. The highest BCUT2D eigenvalue weighted by Gasteiger charge is 2.28. The quantitative estimate of drug-likeness (QED) is 0.128. The van der Waals surface area contributed by atoms with Gasteiger partial charge in [-0.25, -0.2) is 0 Å². The highest BCUT2D eigenvalue weighted by atomic mass is 16.5. The van der Waals surface area contributed by atoms with Gasteiger partial charge in [0.2, 0.25) is 0 Å². The largest absolute Gasteiger partial charge is 0.489 e. The van der Waals surface area contributed by atoms with Crippen LogP contribution in [0.1, 0.15) is 36.1 Å². The van der Waals surface area contributed by atoms with Crippen molar-refractivity contribution in [3.8, 4) is 34.1 Å². The summed E-state index contributed by atoms with van der Waals surface area (Å²) in [6.07, 6.45) is 2.56. The summed E-state index contributed by atoms with van der Waals surface area (Å²) >= 11 is 0. The fraction of sp³-hybridized carbons (Fsp3) is 0.200. The van der Waals surface area contributed by atoms with E-state index in [9.17, 15) is 0 Å². The minimum atomic E-state index is -0.121. The molecule has 0 saturated heterocycles. The summed E-state index contributed by atoms with van der Waals surface area (Å²) in [5.41, 5.74) is 13.0. The molecule has 6 rings (SSSR count). The summed E-state index contributed by atoms with van der Waals surface area (Å²) in [6, 6.07) is 38.6. The Morgan fingerprint density at radius 3 is 1.65 bits per heavy atom. The summed E-state index contributed by atoms with van der Waals surface area (Å²) in [4.78, 5) is 3.49. The summed E-state index contributed by atoms with van der Waals surface area (Å²) in [7, 11) is 0. The Labute approximate surface area is 270 Å². The molecule has 0 aliphatic heterocycles. The van der Waals surface area contributed by atoms with Crippen molar-refractivity contribution < 1.29 is 18.9 Å². The number of benzene rings is 5. The molecule has 0 atom stereocenters. The highest BCUT2D eigenvalue weighted by Crippen LogP contribution is 2.52. The van der Waals surface area contributed by atoms with Crippen molar-refractivity contribution in [2.75, 3.05) is 6.54 Å². The molecular formula is C40H40N2O4. The number of rotatable bonds is 14. The van der Waals surface area contributed by atoms with E-state index in [1.807, 2.05) is 86.8 Å². The van der Waals surface area contributed by atoms with Crippen LogP contribution in [-0.4, -0.2) is 17.6 Å². The third-order valence-electron chi connectivity index (χ3n) is 7.69. The molecule has 234 valence electrons. The number of ether oxygens (including phenoxy) is 4. The molecule has 5 aromatic carbocycles. The molecule has 6 heteroatoms. The van der Waals surface area contributed by atoms with Crippen LogP contribution in [0.15, 0.2) is 121 Å². The van der Waals surface area contributed by atoms with Gasteiger partial charge in [0.05, 0.1) is 17.2 Å². The van der Waals surface area contributed by atoms with Gasteiger partial charge in [0.25, 0.3) is 0 Å². The van der Waals surface area contributed by atoms with Gasteiger partial charge in [0.15, 0.2) is 11.5 Å². The molecule has 1 aromatic heterocycles. The molecule has 0 spiro atoms. The van der Waals surface area contributed by atoms with Gasteiger partial charge >= 0.3 is 0 Å². The van der Waals surface area contributed by atoms with E-state index in [1.165, 1.54) is 0 Å². The zero-order valence-electron chi connectivity index (χ0n) is 26.4. The maximum absolute atomic E-state index is 6.78. The van der Waals surface area contributed by atoms with Crippen molar-refractivity contribution in [1.29, 1.82) is 0 Å². The Hall–Kier alpha value is -5.20. The molecule has 6 nitrogen and oxygen atoms in total. The van der Waals surface area contributed by atoms with Crippen molar-refractivity contribution in [1.82, 2.24) is 4.98 Å². The SMILES string of the molecule is CC(C)Oc1c(-c2ccc(OCc3ccccc3)cc2)c(OCc2ccccc2)c2c(CCN)c[nH]c2c1OCc1ccccc1. The molecule has 0 aliphatic carbocycles. The molecule has 3 N–H and O–H groups in total. The molecule has 0 unspecified atom stereocenters. The van der Waals surface area contributed by atoms with Crippen molar-refractivity contribution in [3.63, 3.8) is 0 Å². The normalized spacial score (nSPS) is 11.1. The first-order valence-corrected chi connectivity index (χ1v) is 15.8. The number of hydrogen-bond donors (Lipinski definition) is 2. The van der Waals surface area contributed by atoms with Gasteiger partial charge in [-0.3, -0.25) is 0 Å². The second-order valence-corrected chi connectivity index (χ2v) is 11.5. The number of nitrogens with two attached hydrogens (primary N) is 1. The van der Waals surface area contributed by atoms with Crippen LogP contribution >= 0.6 is 0 Å². The maximum atomic E-state index is 6.78. The molecule has 0 bridgehead atoms. The average Bonchev–Trinajstić information content (AvgIpc) is 3.51. The van der Waals surface area contributed by atoms with Gasteiger partial charge in [0, 0.05) is 11.6 Å². The third-order valence-corrected chi connectivity index (χ3v) is 7.69. The third kappa shape index (κ3) is 7.19. The van der Waals surface area contributed by atoms with E-state index in [2.05, 4.69) is 53.5 Å². The Balaban J connectivity index is 1.50. The fourth-order valence-electron chi connectivity index (χ4n) is 5.52. The van der Waals surface area contributed by atoms with Crippen LogP contribution in [0.25, 0.3) is 22.0 Å². The Morgan fingerprint density at radius 1 is 0.609 bits per heavy atom. The van der Waals surface area contributed by atoms with E-state index in [0.29, 0.717) is 44.3 Å². The molecule has 0 saturated carbocycles. The molecule has 0 aliphatic rings. The van der Waals surface area contributed by atoms with Gasteiger partial charge < -0.3 is 29.7 Å². The van der Waals surface area contributed by atoms with Crippen LogP contribution < -0.4 is 24.7 Å². The van der Waals surface area contributed by atoms with E-state index in [4.69, 9.17) is 24.7 Å². The Kier molecular flexibility index (Phi) is 9.86. The van der Waals surface area contributed by atoms with Gasteiger partial charge in [-0.05, 0) is 66.8 Å². The van der Waals surface area contributed by atoms with Crippen molar-refractivity contribution >= 4 is 10.9 Å². The standard InChI is InChI=1S/C40H40N2O4/c1-28(2)46-39-36(32-18-20-34(21-19-32)43-25-29-12-6-3-7-13-29)38(44-26-30-14-8-4-9-15-30)35-33(22-23-41)24-42-37(35)40(39)45-27-31-16-10-5-11-17-31/h3-21,24,28,42H,22-23,25-27,41H2,1-2H3. The van der Waals surface area contributed by atoms with E-state index < -0.39 is 0 Å². The van der Waals surface area contributed by atoms with Crippen LogP contribution in [0.5, 0.6) is 23.0 Å². The minimum absolute atomic E-state index is 0.121. The fourth-order valence-corrected chi connectivity index (χ4v) is 5.52. The summed E-state index contributed by atoms with van der Waals surface area (Å²) in [5.74, 6) is 2.77. The number of fused-ring (bicyclic) bond motifs is 1. The predicted molar refractivity (Wildman–Crippen MR) is 185 cm³/mol. The van der Waals surface area contributed by atoms with Crippen LogP contribution in [0.4, 0.5) is 0 Å². The Bertz CT molecular complexity index is 1830. The lowest BCUT2D eigenvalue weighted by atomic mass is 9.97. The van der Waals surface area contributed by atoms with Gasteiger partial charge in [0.1, 0.15) is 31.3 Å². The topological polar surface area (TPSA) is 78.7 Å². The number of aromatic amines is 1. The monoisotopic (exact) mass is 612 g/mol. The van der Waals surface area contributed by atoms with Crippen LogP contribution in [0.3, 0.4) is 0 Å². The average molecular weight is 613 g/mol. The van der Waals surface area contributed by atoms with E-state index in [1.54, 1.807) is 0 Å². The van der Waals surface area contributed by atoms with Crippen molar-refractivity contribution in [3.05, 3.63) is 144 Å². The van der Waals surface area contributed by atoms with Crippen LogP contribution in [-0.2, 0) is 26.2 Å². The van der Waals surface area contributed by atoms with Crippen molar-refractivity contribution in [2.24, 2.45) is 5.73 Å². The first-order chi connectivity index (χ1) is 22.6. The lowest BCUT2D eigenvalue weighted by molar-refractivity contribution is 0.219. The van der Waals surface area contributed by atoms with Gasteiger partial charge in [-0.1, -0.05) is 103 Å². The molecule has 0 radical (unpaired) electrons. The number of H-pyrrole nitrogens is 1. The first kappa shape index (κ1) is 30.8. The maximum Gasteiger partial charge on any atom is 0.186 e. The van der Waals surface area contributed by atoms with E-state index >= 15 is 0 Å². The Morgan fingerprint density at radius 2 is 1.13 bits per heavy atom. The summed E-state index contributed by atoms with van der Waals surface area (Å²) in [6.45, 7) is 5.80. The molecular weight excluding hydrogens is 572 g/mol. The number of hydrogen-bond acceptors (Lipinski definition) is 5. The molecule has 0 fully saturated rings. The second kappa shape index (κ2) is 14.7. The zero-order valence-corrected chi connectivity index (χ0v) is 26.4. The highest BCUT2D eigenvalue weighted by molar-refractivity contribution is 6.03. The molecule has 1 heterocycles.